The molecule has 0 radical (unpaired) electrons. The van der Waals surface area contributed by atoms with Crippen LogP contribution in [-0.2, 0) is 22.9 Å². The van der Waals surface area contributed by atoms with Gasteiger partial charge in [-0.15, -0.1) is 0 Å². The van der Waals surface area contributed by atoms with Gasteiger partial charge in [-0.3, -0.25) is 14.2 Å². The number of ketones is 1. The molecule has 0 amide bonds. The van der Waals surface area contributed by atoms with E-state index in [2.05, 4.69) is 26.0 Å². The van der Waals surface area contributed by atoms with Gasteiger partial charge in [0.15, 0.2) is 11.4 Å². The van der Waals surface area contributed by atoms with Crippen LogP contribution in [0.4, 0.5) is 23.2 Å². The maximum atomic E-state index is 14.8. The molecule has 0 bridgehead atoms. The summed E-state index contributed by atoms with van der Waals surface area (Å²) in [4.78, 5) is 17.7. The van der Waals surface area contributed by atoms with E-state index in [4.69, 9.17) is 0 Å². The van der Waals surface area contributed by atoms with Gasteiger partial charge >= 0.3 is 15.5 Å². The number of aryl methyl sites for hydroxylation is 3. The average molecular weight is 604 g/mol. The number of hydrogen-bond acceptors (Lipinski definition) is 6. The van der Waals surface area contributed by atoms with Gasteiger partial charge in [-0.05, 0) is 65.0 Å². The molecule has 37 heavy (non-hydrogen) atoms. The van der Waals surface area contributed by atoms with Crippen molar-refractivity contribution in [1.29, 1.82) is 0 Å². The number of imidazole rings is 1. The monoisotopic (exact) mass is 603 g/mol. The van der Waals surface area contributed by atoms with Gasteiger partial charge in [0.2, 0.25) is 0 Å². The zero-order valence-electron chi connectivity index (χ0n) is 19.8. The predicted octanol–water partition coefficient (Wildman–Crippen LogP) is 4.84. The molecule has 2 aromatic heterocycles. The van der Waals surface area contributed by atoms with Crippen molar-refractivity contribution in [2.24, 2.45) is 5.10 Å². The zero-order chi connectivity index (χ0) is 27.1. The van der Waals surface area contributed by atoms with Crippen LogP contribution in [0.25, 0.3) is 5.65 Å². The number of pyridine rings is 1. The molecule has 0 saturated heterocycles. The lowest BCUT2D eigenvalue weighted by Crippen LogP contribution is -2.46. The molecule has 8 nitrogen and oxygen atoms in total. The van der Waals surface area contributed by atoms with Gasteiger partial charge in [-0.25, -0.2) is 13.7 Å². The molecule has 1 aliphatic rings. The van der Waals surface area contributed by atoms with E-state index >= 15 is 0 Å². The number of halogens is 5. The summed E-state index contributed by atoms with van der Waals surface area (Å²) in [5.41, 5.74) is -2.19. The molecule has 14 heteroatoms. The van der Waals surface area contributed by atoms with Crippen LogP contribution in [0.3, 0.4) is 0 Å². The summed E-state index contributed by atoms with van der Waals surface area (Å²) >= 11 is 3.49. The molecule has 1 aliphatic heterocycles. The average Bonchev–Trinajstić information content (AvgIpc) is 3.21. The summed E-state index contributed by atoms with van der Waals surface area (Å²) in [6.45, 7) is 3.00. The molecule has 3 aromatic rings. The van der Waals surface area contributed by atoms with Crippen molar-refractivity contribution in [3.05, 3.63) is 63.3 Å². The van der Waals surface area contributed by atoms with Crippen LogP contribution in [0.1, 0.15) is 40.7 Å². The van der Waals surface area contributed by atoms with Crippen molar-refractivity contribution < 1.29 is 30.8 Å². The summed E-state index contributed by atoms with van der Waals surface area (Å²) in [5, 5.41) is 4.75. The number of benzene rings is 1. The van der Waals surface area contributed by atoms with E-state index in [-0.39, 0.29) is 35.2 Å². The second-order valence-corrected chi connectivity index (χ2v) is 11.2. The van der Waals surface area contributed by atoms with E-state index in [1.807, 2.05) is 26.1 Å². The Morgan fingerprint density at radius 1 is 1.19 bits per heavy atom. The number of alkyl halides is 3. The van der Waals surface area contributed by atoms with Crippen molar-refractivity contribution in [3.8, 4) is 0 Å². The molecule has 1 aromatic carbocycles. The number of aromatic nitrogens is 2. The fraction of sp³-hybridized carbons (Fsp3) is 0.348. The first kappa shape index (κ1) is 27.0. The minimum Gasteiger partial charge on any atom is -0.296 e. The van der Waals surface area contributed by atoms with E-state index < -0.39 is 27.9 Å². The second kappa shape index (κ2) is 10.0. The van der Waals surface area contributed by atoms with Crippen LogP contribution in [-0.4, -0.2) is 52.8 Å². The number of hydrogen-bond donors (Lipinski definition) is 0. The molecule has 0 spiro atoms. The SMILES string of the molecule is CCc1nc2c(Br)cc(C)cn2c1C(=O)CCc1ccc(N2CCN(S(=O)(=O)C(F)(F)F)C=N2)c(F)c1. The number of fused-ring (bicyclic) bond motifs is 1. The Bertz CT molecular complexity index is 1500. The van der Waals surface area contributed by atoms with Gasteiger partial charge in [0.25, 0.3) is 0 Å². The highest BCUT2D eigenvalue weighted by Gasteiger charge is 2.50. The Morgan fingerprint density at radius 3 is 2.51 bits per heavy atom. The molecule has 0 aliphatic carbocycles. The maximum absolute atomic E-state index is 14.8. The minimum absolute atomic E-state index is 0.0224. The van der Waals surface area contributed by atoms with E-state index in [0.717, 1.165) is 15.0 Å². The van der Waals surface area contributed by atoms with Crippen molar-refractivity contribution >= 4 is 49.4 Å². The Hall–Kier alpha value is -3.00. The smallest absolute Gasteiger partial charge is 0.296 e. The molecule has 0 N–H and O–H groups in total. The minimum atomic E-state index is -5.56. The fourth-order valence-corrected chi connectivity index (χ4v) is 5.43. The van der Waals surface area contributed by atoms with E-state index in [9.17, 15) is 30.8 Å². The number of hydrazone groups is 1. The number of carbonyl (C=O) groups is 1. The Kier molecular flexibility index (Phi) is 7.34. The molecule has 0 unspecified atom stereocenters. The van der Waals surface area contributed by atoms with Gasteiger partial charge < -0.3 is 0 Å². The Morgan fingerprint density at radius 2 is 1.92 bits per heavy atom. The summed E-state index contributed by atoms with van der Waals surface area (Å²) < 4.78 is 78.6. The van der Waals surface area contributed by atoms with Crippen LogP contribution in [0.2, 0.25) is 0 Å². The first-order valence-corrected chi connectivity index (χ1v) is 13.4. The van der Waals surface area contributed by atoms with Crippen molar-refractivity contribution in [1.82, 2.24) is 13.7 Å². The first-order chi connectivity index (χ1) is 17.3. The quantitative estimate of drug-likeness (QED) is 0.285. The summed E-state index contributed by atoms with van der Waals surface area (Å²) in [5.74, 6) is -0.837. The normalized spacial score (nSPS) is 14.6. The lowest BCUT2D eigenvalue weighted by Gasteiger charge is -2.29. The van der Waals surface area contributed by atoms with Crippen LogP contribution in [0, 0.1) is 12.7 Å². The largest absolute Gasteiger partial charge is 0.516 e. The number of carbonyl (C=O) groups excluding carboxylic acids is 1. The molecule has 0 atom stereocenters. The Labute approximate surface area is 218 Å². The first-order valence-electron chi connectivity index (χ1n) is 11.2. The van der Waals surface area contributed by atoms with Crippen molar-refractivity contribution in [3.63, 3.8) is 0 Å². The third-order valence-electron chi connectivity index (χ3n) is 5.87. The van der Waals surface area contributed by atoms with Crippen LogP contribution in [0.15, 0.2) is 40.0 Å². The predicted molar refractivity (Wildman–Crippen MR) is 134 cm³/mol. The Balaban J connectivity index is 1.48. The summed E-state index contributed by atoms with van der Waals surface area (Å²) in [6.07, 6.45) is 3.28. The third-order valence-corrected chi connectivity index (χ3v) is 7.93. The number of anilines is 1. The van der Waals surface area contributed by atoms with Gasteiger partial charge in [0.05, 0.1) is 28.9 Å². The molecular formula is C23H22BrF4N5O3S. The maximum Gasteiger partial charge on any atom is 0.516 e. The molecule has 3 heterocycles. The standard InChI is InChI=1S/C23H22BrF4N5O3S/c1-3-18-21(32-12-14(2)10-16(24)22(32)30-18)20(34)7-5-15-4-6-19(17(25)11-15)33-9-8-31(13-29-33)37(35,36)23(26,27)28/h4,6,10-13H,3,5,7-9H2,1-2H3. The van der Waals surface area contributed by atoms with Crippen LogP contribution < -0.4 is 5.01 Å². The van der Waals surface area contributed by atoms with Gasteiger partial charge in [-0.1, -0.05) is 13.0 Å². The lowest BCUT2D eigenvalue weighted by molar-refractivity contribution is -0.0471. The van der Waals surface area contributed by atoms with E-state index in [1.54, 1.807) is 10.5 Å². The van der Waals surface area contributed by atoms with Crippen molar-refractivity contribution in [2.45, 2.75) is 38.6 Å². The number of Topliss-reactive ketones (excluding diaryl/α,β-unsaturated/α-hetero) is 1. The van der Waals surface area contributed by atoms with Gasteiger partial charge in [0, 0.05) is 12.6 Å². The zero-order valence-corrected chi connectivity index (χ0v) is 22.2. The highest BCUT2D eigenvalue weighted by atomic mass is 79.9. The topological polar surface area (TPSA) is 87.4 Å². The van der Waals surface area contributed by atoms with Gasteiger partial charge in [0.1, 0.15) is 17.8 Å². The summed E-state index contributed by atoms with van der Waals surface area (Å²) in [7, 11) is -5.56. The molecule has 0 saturated carbocycles. The molecule has 198 valence electrons. The highest BCUT2D eigenvalue weighted by molar-refractivity contribution is 9.10. The van der Waals surface area contributed by atoms with E-state index in [0.29, 0.717) is 35.4 Å². The van der Waals surface area contributed by atoms with Crippen LogP contribution in [0.5, 0.6) is 0 Å². The number of rotatable bonds is 7. The van der Waals surface area contributed by atoms with Gasteiger partial charge in [-0.2, -0.15) is 26.7 Å². The van der Waals surface area contributed by atoms with Crippen molar-refractivity contribution in [2.75, 3.05) is 18.1 Å². The van der Waals surface area contributed by atoms with Crippen LogP contribution >= 0.6 is 15.9 Å². The molecule has 0 fully saturated rings. The summed E-state index contributed by atoms with van der Waals surface area (Å²) in [6, 6.07) is 6.13. The fourth-order valence-electron chi connectivity index (χ4n) is 4.04. The second-order valence-electron chi connectivity index (χ2n) is 8.44. The highest BCUT2D eigenvalue weighted by Crippen LogP contribution is 2.29. The number of nitrogens with zero attached hydrogens (tertiary/aromatic N) is 5. The molecule has 4 rings (SSSR count). The van der Waals surface area contributed by atoms with E-state index in [1.165, 1.54) is 12.1 Å². The third kappa shape index (κ3) is 5.21. The number of sulfonamides is 1. The lowest BCUT2D eigenvalue weighted by atomic mass is 10.0. The molecular weight excluding hydrogens is 582 g/mol.